The summed E-state index contributed by atoms with van der Waals surface area (Å²) in [6.45, 7) is 2.25. The van der Waals surface area contributed by atoms with Crippen molar-refractivity contribution in [2.75, 3.05) is 5.32 Å². The van der Waals surface area contributed by atoms with Gasteiger partial charge < -0.3 is 5.32 Å². The summed E-state index contributed by atoms with van der Waals surface area (Å²) in [6.07, 6.45) is 16.2. The minimum atomic E-state index is -0.172. The molecule has 1 amide bonds. The third-order valence-corrected chi connectivity index (χ3v) is 6.15. The molecule has 1 fully saturated rings. The lowest BCUT2D eigenvalue weighted by molar-refractivity contribution is -0.128. The Kier molecular flexibility index (Phi) is 7.25. The van der Waals surface area contributed by atoms with E-state index >= 15 is 0 Å². The van der Waals surface area contributed by atoms with Gasteiger partial charge in [0, 0.05) is 10.8 Å². The zero-order valence-electron chi connectivity index (χ0n) is 16.8. The van der Waals surface area contributed by atoms with Crippen molar-refractivity contribution < 1.29 is 4.79 Å². The van der Waals surface area contributed by atoms with Gasteiger partial charge in [-0.1, -0.05) is 82.9 Å². The van der Waals surface area contributed by atoms with E-state index in [0.717, 1.165) is 35.9 Å². The first-order chi connectivity index (χ1) is 13.2. The molecule has 3 heteroatoms. The number of benzene rings is 1. The second-order valence-corrected chi connectivity index (χ2v) is 8.23. The Balaban J connectivity index is 1.63. The number of anilines is 1. The number of hydrogen-bond acceptors (Lipinski definition) is 2. The van der Waals surface area contributed by atoms with Crippen molar-refractivity contribution in [3.05, 3.63) is 36.5 Å². The fraction of sp³-hybridized carbons (Fsp3) is 0.583. The molecule has 1 heterocycles. The number of unbranched alkanes of at least 4 members (excludes halogenated alkanes) is 5. The first-order valence-electron chi connectivity index (χ1n) is 10.9. The number of para-hydroxylation sites is 1. The predicted octanol–water partition coefficient (Wildman–Crippen LogP) is 6.87. The van der Waals surface area contributed by atoms with Crippen LogP contribution in [0.2, 0.25) is 0 Å². The molecular weight excluding hydrogens is 332 g/mol. The molecule has 0 saturated heterocycles. The number of rotatable bonds is 9. The maximum absolute atomic E-state index is 13.3. The fourth-order valence-corrected chi connectivity index (χ4v) is 4.47. The number of fused-ring (bicyclic) bond motifs is 1. The summed E-state index contributed by atoms with van der Waals surface area (Å²) in [7, 11) is 0. The molecule has 3 nitrogen and oxygen atoms in total. The standard InChI is InChI=1S/C24H34N2O/c1-2-3-4-5-6-10-15-24(16-11-7-12-17-24)23(27)26-21-18-20-13-8-9-14-22(20)25-19-21/h8-9,13-14,18-19H,2-7,10-12,15-17H2,1H3,(H,26,27). The normalized spacial score (nSPS) is 16.3. The molecule has 1 N–H and O–H groups in total. The van der Waals surface area contributed by atoms with Gasteiger partial charge in [0.15, 0.2) is 0 Å². The lowest BCUT2D eigenvalue weighted by atomic mass is 9.70. The van der Waals surface area contributed by atoms with Crippen molar-refractivity contribution >= 4 is 22.5 Å². The third kappa shape index (κ3) is 5.31. The first-order valence-corrected chi connectivity index (χ1v) is 10.9. The van der Waals surface area contributed by atoms with Crippen molar-refractivity contribution in [2.24, 2.45) is 5.41 Å². The smallest absolute Gasteiger partial charge is 0.230 e. The maximum atomic E-state index is 13.3. The van der Waals surface area contributed by atoms with Crippen molar-refractivity contribution in [1.82, 2.24) is 4.98 Å². The Morgan fingerprint density at radius 1 is 1.04 bits per heavy atom. The van der Waals surface area contributed by atoms with E-state index in [-0.39, 0.29) is 11.3 Å². The van der Waals surface area contributed by atoms with Gasteiger partial charge in [0.05, 0.1) is 17.4 Å². The Hall–Kier alpha value is -1.90. The molecule has 0 spiro atoms. The number of amides is 1. The number of nitrogens with zero attached hydrogens (tertiary/aromatic N) is 1. The highest BCUT2D eigenvalue weighted by Gasteiger charge is 2.38. The quantitative estimate of drug-likeness (QED) is 0.492. The highest BCUT2D eigenvalue weighted by molar-refractivity contribution is 5.96. The summed E-state index contributed by atoms with van der Waals surface area (Å²) in [5, 5.41) is 4.28. The summed E-state index contributed by atoms with van der Waals surface area (Å²) < 4.78 is 0. The van der Waals surface area contributed by atoms with Gasteiger partial charge in [0.1, 0.15) is 0 Å². The number of carbonyl (C=O) groups excluding carboxylic acids is 1. The summed E-state index contributed by atoms with van der Waals surface area (Å²) in [5.74, 6) is 0.216. The van der Waals surface area contributed by atoms with E-state index in [2.05, 4.69) is 17.2 Å². The average molecular weight is 367 g/mol. The largest absolute Gasteiger partial charge is 0.324 e. The Morgan fingerprint density at radius 2 is 1.78 bits per heavy atom. The topological polar surface area (TPSA) is 42.0 Å². The Morgan fingerprint density at radius 3 is 2.59 bits per heavy atom. The molecule has 0 atom stereocenters. The number of aromatic nitrogens is 1. The predicted molar refractivity (Wildman–Crippen MR) is 114 cm³/mol. The molecule has 1 aliphatic carbocycles. The highest BCUT2D eigenvalue weighted by atomic mass is 16.2. The van der Waals surface area contributed by atoms with Gasteiger partial charge in [0.25, 0.3) is 0 Å². The van der Waals surface area contributed by atoms with Crippen LogP contribution in [-0.2, 0) is 4.79 Å². The zero-order chi connectivity index (χ0) is 19.0. The Bertz CT molecular complexity index is 734. The summed E-state index contributed by atoms with van der Waals surface area (Å²) in [6, 6.07) is 10.1. The number of hydrogen-bond donors (Lipinski definition) is 1. The van der Waals surface area contributed by atoms with Crippen LogP contribution in [0.15, 0.2) is 36.5 Å². The second kappa shape index (κ2) is 9.87. The molecule has 0 aliphatic heterocycles. The minimum absolute atomic E-state index is 0.172. The van der Waals surface area contributed by atoms with Crippen LogP contribution in [0.4, 0.5) is 5.69 Å². The van der Waals surface area contributed by atoms with Gasteiger partial charge in [-0.25, -0.2) is 0 Å². The van der Waals surface area contributed by atoms with E-state index in [9.17, 15) is 4.79 Å². The molecule has 1 aromatic heterocycles. The van der Waals surface area contributed by atoms with Crippen LogP contribution in [0.3, 0.4) is 0 Å². The van der Waals surface area contributed by atoms with E-state index in [4.69, 9.17) is 0 Å². The van der Waals surface area contributed by atoms with Gasteiger partial charge in [-0.2, -0.15) is 0 Å². The summed E-state index contributed by atoms with van der Waals surface area (Å²) in [4.78, 5) is 17.7. The van der Waals surface area contributed by atoms with Gasteiger partial charge in [-0.15, -0.1) is 0 Å². The average Bonchev–Trinajstić information content (AvgIpc) is 2.71. The van der Waals surface area contributed by atoms with Crippen molar-refractivity contribution in [1.29, 1.82) is 0 Å². The van der Waals surface area contributed by atoms with Crippen LogP contribution >= 0.6 is 0 Å². The number of pyridine rings is 1. The molecule has 27 heavy (non-hydrogen) atoms. The van der Waals surface area contributed by atoms with E-state index in [1.165, 1.54) is 57.8 Å². The lowest BCUT2D eigenvalue weighted by Crippen LogP contribution is -2.38. The molecule has 1 aliphatic rings. The van der Waals surface area contributed by atoms with Crippen LogP contribution in [0.1, 0.15) is 84.0 Å². The van der Waals surface area contributed by atoms with Gasteiger partial charge in [-0.3, -0.25) is 9.78 Å². The molecule has 0 unspecified atom stereocenters. The maximum Gasteiger partial charge on any atom is 0.230 e. The molecule has 3 rings (SSSR count). The van der Waals surface area contributed by atoms with Crippen molar-refractivity contribution in [3.63, 3.8) is 0 Å². The summed E-state index contributed by atoms with van der Waals surface area (Å²) >= 11 is 0. The second-order valence-electron chi connectivity index (χ2n) is 8.23. The molecule has 1 aromatic carbocycles. The fourth-order valence-electron chi connectivity index (χ4n) is 4.47. The Labute approximate surface area is 164 Å². The SMILES string of the molecule is CCCCCCCCC1(C(=O)Nc2cnc3ccccc3c2)CCCCC1. The lowest BCUT2D eigenvalue weighted by Gasteiger charge is -2.36. The molecule has 146 valence electrons. The monoisotopic (exact) mass is 366 g/mol. The minimum Gasteiger partial charge on any atom is -0.324 e. The first kappa shape index (κ1) is 19.9. The third-order valence-electron chi connectivity index (χ3n) is 6.15. The number of carbonyl (C=O) groups is 1. The van der Waals surface area contributed by atoms with Crippen molar-refractivity contribution in [3.8, 4) is 0 Å². The molecule has 0 radical (unpaired) electrons. The van der Waals surface area contributed by atoms with Gasteiger partial charge in [-0.05, 0) is 31.4 Å². The van der Waals surface area contributed by atoms with Crippen LogP contribution in [0.5, 0.6) is 0 Å². The van der Waals surface area contributed by atoms with E-state index in [1.54, 1.807) is 6.20 Å². The summed E-state index contributed by atoms with van der Waals surface area (Å²) in [5.41, 5.74) is 1.62. The highest BCUT2D eigenvalue weighted by Crippen LogP contribution is 2.42. The van der Waals surface area contributed by atoms with Crippen LogP contribution in [-0.4, -0.2) is 10.9 Å². The molecule has 2 aromatic rings. The number of nitrogens with one attached hydrogen (secondary N) is 1. The van der Waals surface area contributed by atoms with Gasteiger partial charge in [0.2, 0.25) is 5.91 Å². The van der Waals surface area contributed by atoms with Crippen LogP contribution in [0.25, 0.3) is 10.9 Å². The molecule has 0 bridgehead atoms. The molecular formula is C24H34N2O. The van der Waals surface area contributed by atoms with E-state index < -0.39 is 0 Å². The van der Waals surface area contributed by atoms with Crippen LogP contribution in [0, 0.1) is 5.41 Å². The van der Waals surface area contributed by atoms with Gasteiger partial charge >= 0.3 is 0 Å². The van der Waals surface area contributed by atoms with Crippen molar-refractivity contribution in [2.45, 2.75) is 84.0 Å². The van der Waals surface area contributed by atoms with Crippen LogP contribution < -0.4 is 5.32 Å². The van der Waals surface area contributed by atoms with E-state index in [0.29, 0.717) is 0 Å². The zero-order valence-corrected chi connectivity index (χ0v) is 16.8. The molecule has 1 saturated carbocycles. The van der Waals surface area contributed by atoms with E-state index in [1.807, 2.05) is 30.3 Å².